The molecule has 0 spiro atoms. The van der Waals surface area contributed by atoms with E-state index in [2.05, 4.69) is 15.5 Å². The van der Waals surface area contributed by atoms with E-state index in [9.17, 15) is 18.0 Å². The predicted molar refractivity (Wildman–Crippen MR) is 81.0 cm³/mol. The highest BCUT2D eigenvalue weighted by Gasteiger charge is 2.30. The SMILES string of the molecule is O=C(C=Cc1cccc(C(F)(F)F)c1)Nc1nnc(C2CC2)s1. The highest BCUT2D eigenvalue weighted by atomic mass is 32.1. The van der Waals surface area contributed by atoms with Gasteiger partial charge in [-0.3, -0.25) is 10.1 Å². The maximum Gasteiger partial charge on any atom is 0.416 e. The number of hydrogen-bond donors (Lipinski definition) is 1. The molecule has 1 fully saturated rings. The summed E-state index contributed by atoms with van der Waals surface area (Å²) < 4.78 is 37.8. The summed E-state index contributed by atoms with van der Waals surface area (Å²) in [6.07, 6.45) is 0.287. The molecule has 3 rings (SSSR count). The molecule has 120 valence electrons. The number of carbonyl (C=O) groups is 1. The van der Waals surface area contributed by atoms with E-state index in [1.807, 2.05) is 0 Å². The Morgan fingerprint density at radius 1 is 1.30 bits per heavy atom. The molecule has 0 bridgehead atoms. The molecule has 0 unspecified atom stereocenters. The summed E-state index contributed by atoms with van der Waals surface area (Å²) >= 11 is 1.32. The van der Waals surface area contributed by atoms with Crippen molar-refractivity contribution in [2.24, 2.45) is 0 Å². The van der Waals surface area contributed by atoms with Crippen LogP contribution in [0.3, 0.4) is 0 Å². The molecular formula is C15H12F3N3OS. The van der Waals surface area contributed by atoms with Crippen LogP contribution in [0.2, 0.25) is 0 Å². The molecule has 0 saturated heterocycles. The number of nitrogens with one attached hydrogen (secondary N) is 1. The molecule has 23 heavy (non-hydrogen) atoms. The van der Waals surface area contributed by atoms with Crippen molar-refractivity contribution in [2.75, 3.05) is 5.32 Å². The Labute approximate surface area is 134 Å². The molecule has 0 atom stereocenters. The summed E-state index contributed by atoms with van der Waals surface area (Å²) in [6.45, 7) is 0. The van der Waals surface area contributed by atoms with Crippen molar-refractivity contribution in [2.45, 2.75) is 24.9 Å². The van der Waals surface area contributed by atoms with E-state index in [4.69, 9.17) is 0 Å². The van der Waals surface area contributed by atoms with Crippen LogP contribution in [0.5, 0.6) is 0 Å². The lowest BCUT2D eigenvalue weighted by molar-refractivity contribution is -0.137. The minimum Gasteiger partial charge on any atom is -0.297 e. The van der Waals surface area contributed by atoms with Gasteiger partial charge in [-0.05, 0) is 36.6 Å². The monoisotopic (exact) mass is 339 g/mol. The number of alkyl halides is 3. The van der Waals surface area contributed by atoms with Crippen LogP contribution in [-0.2, 0) is 11.0 Å². The van der Waals surface area contributed by atoms with Crippen molar-refractivity contribution < 1.29 is 18.0 Å². The van der Waals surface area contributed by atoms with Gasteiger partial charge in [-0.15, -0.1) is 10.2 Å². The third-order valence-electron chi connectivity index (χ3n) is 3.24. The fraction of sp³-hybridized carbons (Fsp3) is 0.267. The van der Waals surface area contributed by atoms with Gasteiger partial charge < -0.3 is 0 Å². The van der Waals surface area contributed by atoms with Gasteiger partial charge in [0.05, 0.1) is 5.56 Å². The fourth-order valence-electron chi connectivity index (χ4n) is 1.92. The van der Waals surface area contributed by atoms with Crippen LogP contribution in [0.1, 0.15) is 34.9 Å². The van der Waals surface area contributed by atoms with Gasteiger partial charge in [-0.1, -0.05) is 23.5 Å². The number of amides is 1. The van der Waals surface area contributed by atoms with Gasteiger partial charge in [-0.2, -0.15) is 13.2 Å². The first-order valence-corrected chi connectivity index (χ1v) is 7.73. The van der Waals surface area contributed by atoms with Gasteiger partial charge in [-0.25, -0.2) is 0 Å². The second-order valence-electron chi connectivity index (χ2n) is 5.17. The molecule has 1 aromatic carbocycles. The number of nitrogens with zero attached hydrogens (tertiary/aromatic N) is 2. The van der Waals surface area contributed by atoms with E-state index in [1.54, 1.807) is 0 Å². The van der Waals surface area contributed by atoms with Crippen molar-refractivity contribution in [1.29, 1.82) is 0 Å². The summed E-state index contributed by atoms with van der Waals surface area (Å²) in [5.74, 6) is -0.000267. The zero-order valence-electron chi connectivity index (χ0n) is 11.8. The maximum absolute atomic E-state index is 12.6. The van der Waals surface area contributed by atoms with Gasteiger partial charge in [0, 0.05) is 12.0 Å². The molecule has 1 aliphatic rings. The van der Waals surface area contributed by atoms with Crippen molar-refractivity contribution >= 4 is 28.5 Å². The minimum atomic E-state index is -4.40. The third-order valence-corrected chi connectivity index (χ3v) is 4.24. The highest BCUT2D eigenvalue weighted by Crippen LogP contribution is 2.42. The quantitative estimate of drug-likeness (QED) is 0.854. The molecule has 1 heterocycles. The summed E-state index contributed by atoms with van der Waals surface area (Å²) in [5.41, 5.74) is -0.454. The Morgan fingerprint density at radius 2 is 2.09 bits per heavy atom. The van der Waals surface area contributed by atoms with Crippen molar-refractivity contribution in [3.05, 3.63) is 46.5 Å². The molecule has 1 aromatic heterocycles. The first-order chi connectivity index (χ1) is 10.9. The fourth-order valence-corrected chi connectivity index (χ4v) is 2.83. The summed E-state index contributed by atoms with van der Waals surface area (Å²) in [6, 6.07) is 4.76. The number of benzene rings is 1. The first kappa shape index (κ1) is 15.7. The van der Waals surface area contributed by atoms with E-state index < -0.39 is 17.6 Å². The molecule has 2 aromatic rings. The van der Waals surface area contributed by atoms with Crippen LogP contribution in [0.15, 0.2) is 30.3 Å². The number of carbonyl (C=O) groups excluding carboxylic acids is 1. The Morgan fingerprint density at radius 3 is 2.78 bits per heavy atom. The minimum absolute atomic E-state index is 0.297. The lowest BCUT2D eigenvalue weighted by Crippen LogP contribution is -2.07. The second-order valence-corrected chi connectivity index (χ2v) is 6.17. The van der Waals surface area contributed by atoms with Crippen LogP contribution in [-0.4, -0.2) is 16.1 Å². The number of aromatic nitrogens is 2. The third kappa shape index (κ3) is 4.16. The molecule has 0 radical (unpaired) electrons. The summed E-state index contributed by atoms with van der Waals surface area (Å²) in [4.78, 5) is 11.8. The Kier molecular flexibility index (Phi) is 4.16. The number of rotatable bonds is 4. The average molecular weight is 339 g/mol. The van der Waals surface area contributed by atoms with Crippen LogP contribution in [0.4, 0.5) is 18.3 Å². The Balaban J connectivity index is 1.63. The summed E-state index contributed by atoms with van der Waals surface area (Å²) in [5, 5.41) is 11.7. The number of anilines is 1. The predicted octanol–water partition coefficient (Wildman–Crippen LogP) is 4.09. The van der Waals surface area contributed by atoms with Crippen molar-refractivity contribution in [3.8, 4) is 0 Å². The molecule has 0 aliphatic heterocycles. The van der Waals surface area contributed by atoms with Crippen molar-refractivity contribution in [1.82, 2.24) is 10.2 Å². The Hall–Kier alpha value is -2.22. The Bertz CT molecular complexity index is 750. The first-order valence-electron chi connectivity index (χ1n) is 6.91. The van der Waals surface area contributed by atoms with Gasteiger partial charge in [0.25, 0.3) is 0 Å². The molecule has 1 aliphatic carbocycles. The number of hydrogen-bond acceptors (Lipinski definition) is 4. The van der Waals surface area contributed by atoms with Gasteiger partial charge in [0.1, 0.15) is 5.01 Å². The molecule has 1 amide bonds. The van der Waals surface area contributed by atoms with Crippen LogP contribution in [0.25, 0.3) is 6.08 Å². The van der Waals surface area contributed by atoms with E-state index in [0.29, 0.717) is 16.6 Å². The van der Waals surface area contributed by atoms with Gasteiger partial charge in [0.15, 0.2) is 0 Å². The average Bonchev–Trinajstić information content (AvgIpc) is 3.25. The van der Waals surface area contributed by atoms with Gasteiger partial charge in [0.2, 0.25) is 11.0 Å². The van der Waals surface area contributed by atoms with Crippen LogP contribution >= 0.6 is 11.3 Å². The smallest absolute Gasteiger partial charge is 0.297 e. The standard InChI is InChI=1S/C15H12F3N3OS/c16-15(17,18)11-3-1-2-9(8-11)4-7-12(22)19-14-21-20-13(23-14)10-5-6-10/h1-4,7-8,10H,5-6H2,(H,19,21,22). The second kappa shape index (κ2) is 6.11. The lowest BCUT2D eigenvalue weighted by Gasteiger charge is -2.06. The molecule has 1 saturated carbocycles. The number of halogens is 3. The van der Waals surface area contributed by atoms with E-state index in [-0.39, 0.29) is 0 Å². The van der Waals surface area contributed by atoms with Crippen LogP contribution in [0, 0.1) is 0 Å². The molecule has 4 nitrogen and oxygen atoms in total. The van der Waals surface area contributed by atoms with Crippen molar-refractivity contribution in [3.63, 3.8) is 0 Å². The van der Waals surface area contributed by atoms with E-state index in [0.717, 1.165) is 30.0 Å². The molecular weight excluding hydrogens is 327 g/mol. The zero-order chi connectivity index (χ0) is 16.4. The lowest BCUT2D eigenvalue weighted by atomic mass is 10.1. The van der Waals surface area contributed by atoms with E-state index >= 15 is 0 Å². The zero-order valence-corrected chi connectivity index (χ0v) is 12.6. The topological polar surface area (TPSA) is 54.9 Å². The highest BCUT2D eigenvalue weighted by molar-refractivity contribution is 7.15. The normalized spacial score (nSPS) is 15.1. The molecule has 1 N–H and O–H groups in total. The summed E-state index contributed by atoms with van der Waals surface area (Å²) in [7, 11) is 0. The maximum atomic E-state index is 12.6. The molecule has 8 heteroatoms. The van der Waals surface area contributed by atoms with E-state index in [1.165, 1.54) is 35.6 Å². The largest absolute Gasteiger partial charge is 0.416 e. The van der Waals surface area contributed by atoms with Crippen LogP contribution < -0.4 is 5.32 Å². The van der Waals surface area contributed by atoms with Gasteiger partial charge >= 0.3 is 6.18 Å².